The van der Waals surface area contributed by atoms with Gasteiger partial charge in [0.05, 0.1) is 11.5 Å². The highest BCUT2D eigenvalue weighted by Crippen LogP contribution is 2.23. The van der Waals surface area contributed by atoms with E-state index in [0.717, 1.165) is 61.5 Å². The molecule has 1 atom stereocenters. The number of carbonyl (C=O) groups excluding carboxylic acids is 2. The van der Waals surface area contributed by atoms with Gasteiger partial charge in [-0.25, -0.2) is 0 Å². The molecule has 2 aromatic rings. The molecular weight excluding hydrogens is 388 g/mol. The van der Waals surface area contributed by atoms with Gasteiger partial charge in [0.1, 0.15) is 0 Å². The van der Waals surface area contributed by atoms with E-state index in [1.54, 1.807) is 0 Å². The highest BCUT2D eigenvalue weighted by Gasteiger charge is 2.23. The number of rotatable bonds is 8. The fourth-order valence-electron chi connectivity index (χ4n) is 4.49. The van der Waals surface area contributed by atoms with Gasteiger partial charge < -0.3 is 20.5 Å². The largest absolute Gasteiger partial charge is 0.369 e. The molecule has 0 aliphatic carbocycles. The maximum absolute atomic E-state index is 12.8. The molecule has 6 nitrogen and oxygen atoms in total. The maximum Gasteiger partial charge on any atom is 0.253 e. The molecule has 168 valence electrons. The number of hydrogen-bond donors (Lipinski definition) is 2. The van der Waals surface area contributed by atoms with Crippen molar-refractivity contribution in [2.24, 2.45) is 11.7 Å². The van der Waals surface area contributed by atoms with Crippen LogP contribution in [-0.4, -0.2) is 47.5 Å². The van der Waals surface area contributed by atoms with Crippen molar-refractivity contribution in [3.8, 4) is 5.69 Å². The lowest BCUT2D eigenvalue weighted by Gasteiger charge is -2.31. The number of aromatic nitrogens is 1. The summed E-state index contributed by atoms with van der Waals surface area (Å²) in [6.45, 7) is 11.6. The first-order valence-electron chi connectivity index (χ1n) is 11.4. The summed E-state index contributed by atoms with van der Waals surface area (Å²) in [4.78, 5) is 26.5. The van der Waals surface area contributed by atoms with Crippen molar-refractivity contribution in [2.75, 3.05) is 26.2 Å². The molecule has 1 fully saturated rings. The molecule has 2 heterocycles. The third-order valence-corrected chi connectivity index (χ3v) is 6.34. The highest BCUT2D eigenvalue weighted by atomic mass is 16.2. The van der Waals surface area contributed by atoms with Gasteiger partial charge in [0, 0.05) is 30.2 Å². The summed E-state index contributed by atoms with van der Waals surface area (Å²) >= 11 is 0. The molecule has 1 aromatic carbocycles. The van der Waals surface area contributed by atoms with E-state index in [0.29, 0.717) is 12.5 Å². The predicted molar refractivity (Wildman–Crippen MR) is 125 cm³/mol. The minimum atomic E-state index is -0.202. The van der Waals surface area contributed by atoms with E-state index in [-0.39, 0.29) is 17.7 Å². The second-order valence-electron chi connectivity index (χ2n) is 9.02. The number of amides is 2. The number of piperidine rings is 1. The Bertz CT molecular complexity index is 914. The Morgan fingerprint density at radius 2 is 1.90 bits per heavy atom. The van der Waals surface area contributed by atoms with Crippen molar-refractivity contribution in [3.05, 3.63) is 52.8 Å². The summed E-state index contributed by atoms with van der Waals surface area (Å²) in [5.74, 6) is 0.219. The molecule has 2 amide bonds. The number of likely N-dealkylation sites (tertiary alicyclic amines) is 1. The van der Waals surface area contributed by atoms with Gasteiger partial charge in [-0.05, 0) is 75.9 Å². The van der Waals surface area contributed by atoms with Crippen LogP contribution in [-0.2, 0) is 4.79 Å². The Morgan fingerprint density at radius 1 is 1.19 bits per heavy atom. The van der Waals surface area contributed by atoms with Crippen LogP contribution in [0.3, 0.4) is 0 Å². The van der Waals surface area contributed by atoms with Crippen LogP contribution in [0.2, 0.25) is 0 Å². The van der Waals surface area contributed by atoms with Gasteiger partial charge in [-0.1, -0.05) is 26.0 Å². The fraction of sp³-hybridized carbons (Fsp3) is 0.520. The van der Waals surface area contributed by atoms with E-state index < -0.39 is 0 Å². The number of benzene rings is 1. The van der Waals surface area contributed by atoms with Gasteiger partial charge in [0.25, 0.3) is 5.91 Å². The zero-order valence-electron chi connectivity index (χ0n) is 19.3. The van der Waals surface area contributed by atoms with Crippen LogP contribution in [0.25, 0.3) is 5.69 Å². The van der Waals surface area contributed by atoms with Crippen molar-refractivity contribution in [1.29, 1.82) is 0 Å². The first-order valence-corrected chi connectivity index (χ1v) is 11.4. The number of nitrogens with one attached hydrogen (secondary N) is 1. The first kappa shape index (κ1) is 23.1. The summed E-state index contributed by atoms with van der Waals surface area (Å²) < 4.78 is 2.14. The van der Waals surface area contributed by atoms with Crippen molar-refractivity contribution < 1.29 is 9.59 Å². The van der Waals surface area contributed by atoms with Crippen molar-refractivity contribution >= 4 is 11.8 Å². The van der Waals surface area contributed by atoms with Gasteiger partial charge >= 0.3 is 0 Å². The molecule has 3 N–H and O–H groups in total. The van der Waals surface area contributed by atoms with Crippen LogP contribution in [0.4, 0.5) is 0 Å². The summed E-state index contributed by atoms with van der Waals surface area (Å²) in [6.07, 6.45) is 2.75. The molecule has 1 aliphatic heterocycles. The molecule has 0 bridgehead atoms. The summed E-state index contributed by atoms with van der Waals surface area (Å²) in [6, 6.07) is 10.5. The SMILES string of the molecule is Cc1cc(C(=O)NCCCN2CCCC(C(N)=O)C2)c(C)n1-c1ccc(C(C)C)cc1. The molecule has 0 spiro atoms. The summed E-state index contributed by atoms with van der Waals surface area (Å²) in [5, 5.41) is 3.06. The number of primary amides is 1. The van der Waals surface area contributed by atoms with Crippen LogP contribution >= 0.6 is 0 Å². The molecule has 1 aliphatic rings. The standard InChI is InChI=1S/C25H36N4O2/c1-17(2)20-8-10-22(11-9-20)29-18(3)15-23(19(29)4)25(31)27-12-6-14-28-13-5-7-21(16-28)24(26)30/h8-11,15,17,21H,5-7,12-14,16H2,1-4H3,(H2,26,30)(H,27,31). The van der Waals surface area contributed by atoms with Crippen LogP contribution in [0.15, 0.2) is 30.3 Å². The number of hydrogen-bond acceptors (Lipinski definition) is 3. The normalized spacial score (nSPS) is 17.1. The monoisotopic (exact) mass is 424 g/mol. The number of aryl methyl sites for hydroxylation is 1. The van der Waals surface area contributed by atoms with Crippen molar-refractivity contribution in [3.63, 3.8) is 0 Å². The van der Waals surface area contributed by atoms with Crippen LogP contribution < -0.4 is 11.1 Å². The van der Waals surface area contributed by atoms with Crippen molar-refractivity contribution in [1.82, 2.24) is 14.8 Å². The van der Waals surface area contributed by atoms with E-state index in [4.69, 9.17) is 5.73 Å². The molecule has 6 heteroatoms. The highest BCUT2D eigenvalue weighted by molar-refractivity contribution is 5.95. The number of nitrogens with zero attached hydrogens (tertiary/aromatic N) is 2. The molecule has 3 rings (SSSR count). The van der Waals surface area contributed by atoms with E-state index in [1.807, 2.05) is 19.9 Å². The Balaban J connectivity index is 1.56. The van der Waals surface area contributed by atoms with Crippen LogP contribution in [0, 0.1) is 19.8 Å². The van der Waals surface area contributed by atoms with Gasteiger partial charge in [-0.2, -0.15) is 0 Å². The average molecular weight is 425 g/mol. The smallest absolute Gasteiger partial charge is 0.253 e. The average Bonchev–Trinajstić information content (AvgIpc) is 3.05. The molecule has 1 saturated heterocycles. The second-order valence-corrected chi connectivity index (χ2v) is 9.02. The Kier molecular flexibility index (Phi) is 7.55. The first-order chi connectivity index (χ1) is 14.8. The molecule has 0 saturated carbocycles. The molecular formula is C25H36N4O2. The number of carbonyl (C=O) groups is 2. The van der Waals surface area contributed by atoms with Gasteiger partial charge in [0.2, 0.25) is 5.91 Å². The lowest BCUT2D eigenvalue weighted by Crippen LogP contribution is -2.42. The molecule has 31 heavy (non-hydrogen) atoms. The number of nitrogens with two attached hydrogens (primary N) is 1. The van der Waals surface area contributed by atoms with Crippen LogP contribution in [0.5, 0.6) is 0 Å². The van der Waals surface area contributed by atoms with Gasteiger partial charge in [0.15, 0.2) is 0 Å². The van der Waals surface area contributed by atoms with Crippen molar-refractivity contribution in [2.45, 2.75) is 52.9 Å². The predicted octanol–water partition coefficient (Wildman–Crippen LogP) is 3.53. The van der Waals surface area contributed by atoms with E-state index >= 15 is 0 Å². The van der Waals surface area contributed by atoms with E-state index in [2.05, 4.69) is 52.9 Å². The molecule has 1 aromatic heterocycles. The Labute approximate surface area is 185 Å². The minimum absolute atomic E-state index is 0.0354. The van der Waals surface area contributed by atoms with Gasteiger partial charge in [-0.15, -0.1) is 0 Å². The van der Waals surface area contributed by atoms with E-state index in [1.165, 1.54) is 5.56 Å². The zero-order chi connectivity index (χ0) is 22.5. The summed E-state index contributed by atoms with van der Waals surface area (Å²) in [5.41, 5.74) is 10.6. The third kappa shape index (κ3) is 5.56. The Hall–Kier alpha value is -2.60. The lowest BCUT2D eigenvalue weighted by molar-refractivity contribution is -0.123. The zero-order valence-corrected chi connectivity index (χ0v) is 19.3. The third-order valence-electron chi connectivity index (χ3n) is 6.34. The second kappa shape index (κ2) is 10.1. The van der Waals surface area contributed by atoms with Gasteiger partial charge in [-0.3, -0.25) is 9.59 Å². The topological polar surface area (TPSA) is 80.4 Å². The lowest BCUT2D eigenvalue weighted by atomic mass is 9.97. The minimum Gasteiger partial charge on any atom is -0.369 e. The maximum atomic E-state index is 12.8. The Morgan fingerprint density at radius 3 is 2.55 bits per heavy atom. The van der Waals surface area contributed by atoms with E-state index in [9.17, 15) is 9.59 Å². The summed E-state index contributed by atoms with van der Waals surface area (Å²) in [7, 11) is 0. The molecule has 1 unspecified atom stereocenters. The van der Waals surface area contributed by atoms with Crippen LogP contribution in [0.1, 0.15) is 66.3 Å². The molecule has 0 radical (unpaired) electrons. The fourth-order valence-corrected chi connectivity index (χ4v) is 4.49. The quantitative estimate of drug-likeness (QED) is 0.636.